The molecule has 0 spiro atoms. The van der Waals surface area contributed by atoms with Crippen LogP contribution in [0.15, 0.2) is 47.4 Å². The molecule has 30 heavy (non-hydrogen) atoms. The minimum Gasteiger partial charge on any atom is -0.351 e. The molecule has 2 rings (SSSR count). The molecule has 0 atom stereocenters. The molecule has 0 aliphatic heterocycles. The highest BCUT2D eigenvalue weighted by molar-refractivity contribution is 7.89. The highest BCUT2D eigenvalue weighted by atomic mass is 35.5. The first-order chi connectivity index (χ1) is 13.9. The summed E-state index contributed by atoms with van der Waals surface area (Å²) >= 11 is 11.6. The van der Waals surface area contributed by atoms with Crippen LogP contribution in [0.3, 0.4) is 0 Å². The second-order valence-corrected chi connectivity index (χ2v) is 10.1. The Hall–Kier alpha value is -2.13. The van der Waals surface area contributed by atoms with E-state index in [0.717, 1.165) is 0 Å². The molecule has 0 radical (unpaired) electrons. The number of anilines is 1. The molecule has 2 aromatic rings. The summed E-state index contributed by atoms with van der Waals surface area (Å²) in [7, 11) is -3.78. The summed E-state index contributed by atoms with van der Waals surface area (Å²) in [5.74, 6) is -0.494. The molecule has 0 fully saturated rings. The van der Waals surface area contributed by atoms with Gasteiger partial charge in [-0.3, -0.25) is 9.59 Å². The van der Waals surface area contributed by atoms with E-state index in [1.165, 1.54) is 18.2 Å². The molecule has 2 amide bonds. The van der Waals surface area contributed by atoms with E-state index in [0.29, 0.717) is 11.3 Å². The molecular formula is C20H23Cl2N3O4S. The SMILES string of the molecule is CC(C)(C)C(=O)Nc1ccc(C(=O)NCCNS(=O)(=O)c2ccc(Cl)c(Cl)c2)cc1. The van der Waals surface area contributed by atoms with Crippen molar-refractivity contribution in [3.05, 3.63) is 58.1 Å². The van der Waals surface area contributed by atoms with E-state index in [1.54, 1.807) is 45.0 Å². The Morgan fingerprint density at radius 1 is 0.933 bits per heavy atom. The van der Waals surface area contributed by atoms with Crippen LogP contribution in [-0.4, -0.2) is 33.3 Å². The first-order valence-corrected chi connectivity index (χ1v) is 11.3. The third kappa shape index (κ3) is 6.70. The summed E-state index contributed by atoms with van der Waals surface area (Å²) in [6.45, 7) is 5.50. The average Bonchev–Trinajstić information content (AvgIpc) is 2.67. The van der Waals surface area contributed by atoms with Crippen LogP contribution >= 0.6 is 23.2 Å². The number of amides is 2. The van der Waals surface area contributed by atoms with Gasteiger partial charge in [0.2, 0.25) is 15.9 Å². The van der Waals surface area contributed by atoms with Crippen LogP contribution < -0.4 is 15.4 Å². The molecule has 0 unspecified atom stereocenters. The maximum atomic E-state index is 12.2. The van der Waals surface area contributed by atoms with Crippen molar-refractivity contribution in [3.63, 3.8) is 0 Å². The van der Waals surface area contributed by atoms with Gasteiger partial charge in [-0.05, 0) is 42.5 Å². The molecule has 7 nitrogen and oxygen atoms in total. The predicted molar refractivity (Wildman–Crippen MR) is 119 cm³/mol. The van der Waals surface area contributed by atoms with Crippen molar-refractivity contribution >= 4 is 50.7 Å². The molecule has 2 aromatic carbocycles. The van der Waals surface area contributed by atoms with E-state index in [4.69, 9.17) is 23.2 Å². The highest BCUT2D eigenvalue weighted by Crippen LogP contribution is 2.24. The van der Waals surface area contributed by atoms with Crippen LogP contribution in [0.4, 0.5) is 5.69 Å². The van der Waals surface area contributed by atoms with Gasteiger partial charge in [0.1, 0.15) is 0 Å². The number of rotatable bonds is 7. The molecular weight excluding hydrogens is 449 g/mol. The van der Waals surface area contributed by atoms with Crippen molar-refractivity contribution in [2.45, 2.75) is 25.7 Å². The van der Waals surface area contributed by atoms with Crippen LogP contribution in [0, 0.1) is 5.41 Å². The Balaban J connectivity index is 1.85. The van der Waals surface area contributed by atoms with Crippen LogP contribution in [0.2, 0.25) is 10.0 Å². The van der Waals surface area contributed by atoms with Crippen molar-refractivity contribution in [2.24, 2.45) is 5.41 Å². The van der Waals surface area contributed by atoms with E-state index in [2.05, 4.69) is 15.4 Å². The zero-order chi connectivity index (χ0) is 22.5. The number of hydrogen-bond acceptors (Lipinski definition) is 4. The van der Waals surface area contributed by atoms with Crippen molar-refractivity contribution in [1.29, 1.82) is 0 Å². The largest absolute Gasteiger partial charge is 0.351 e. The second-order valence-electron chi connectivity index (χ2n) is 7.51. The first-order valence-electron chi connectivity index (χ1n) is 9.04. The molecule has 0 saturated carbocycles. The topological polar surface area (TPSA) is 104 Å². The molecule has 0 aromatic heterocycles. The molecule has 0 heterocycles. The lowest BCUT2D eigenvalue weighted by molar-refractivity contribution is -0.123. The lowest BCUT2D eigenvalue weighted by Crippen LogP contribution is -2.34. The molecule has 3 N–H and O–H groups in total. The molecule has 0 bridgehead atoms. The number of carbonyl (C=O) groups excluding carboxylic acids is 2. The van der Waals surface area contributed by atoms with Crippen LogP contribution in [0.25, 0.3) is 0 Å². The van der Waals surface area contributed by atoms with Gasteiger partial charge in [-0.15, -0.1) is 0 Å². The van der Waals surface area contributed by atoms with Gasteiger partial charge < -0.3 is 10.6 Å². The van der Waals surface area contributed by atoms with Gasteiger partial charge in [0.25, 0.3) is 5.91 Å². The van der Waals surface area contributed by atoms with Crippen LogP contribution in [0.5, 0.6) is 0 Å². The van der Waals surface area contributed by atoms with E-state index >= 15 is 0 Å². The fourth-order valence-corrected chi connectivity index (χ4v) is 3.63. The first kappa shape index (κ1) is 24.1. The zero-order valence-electron chi connectivity index (χ0n) is 16.8. The molecule has 0 aliphatic rings. The van der Waals surface area contributed by atoms with E-state index in [1.807, 2.05) is 0 Å². The number of halogens is 2. The Morgan fingerprint density at radius 2 is 1.57 bits per heavy atom. The number of hydrogen-bond donors (Lipinski definition) is 3. The minimum atomic E-state index is -3.78. The molecule has 162 valence electrons. The summed E-state index contributed by atoms with van der Waals surface area (Å²) in [6.07, 6.45) is 0. The van der Waals surface area contributed by atoms with Gasteiger partial charge in [0, 0.05) is 29.8 Å². The van der Waals surface area contributed by atoms with Gasteiger partial charge in [-0.1, -0.05) is 44.0 Å². The Morgan fingerprint density at radius 3 is 2.13 bits per heavy atom. The molecule has 0 saturated heterocycles. The predicted octanol–water partition coefficient (Wildman–Crippen LogP) is 3.69. The van der Waals surface area contributed by atoms with Crippen molar-refractivity contribution in [1.82, 2.24) is 10.0 Å². The standard InChI is InChI=1S/C20H23Cl2N3O4S/c1-20(2,3)19(27)25-14-6-4-13(5-7-14)18(26)23-10-11-24-30(28,29)15-8-9-16(21)17(22)12-15/h4-9,12,24H,10-11H2,1-3H3,(H,23,26)(H,25,27). The maximum absolute atomic E-state index is 12.2. The van der Waals surface area contributed by atoms with Crippen molar-refractivity contribution in [2.75, 3.05) is 18.4 Å². The van der Waals surface area contributed by atoms with Gasteiger partial charge >= 0.3 is 0 Å². The number of benzene rings is 2. The van der Waals surface area contributed by atoms with E-state index in [9.17, 15) is 18.0 Å². The monoisotopic (exact) mass is 471 g/mol. The third-order valence-corrected chi connectivity index (χ3v) is 6.19. The smallest absolute Gasteiger partial charge is 0.251 e. The zero-order valence-corrected chi connectivity index (χ0v) is 19.1. The van der Waals surface area contributed by atoms with Crippen LogP contribution in [0.1, 0.15) is 31.1 Å². The quantitative estimate of drug-likeness (QED) is 0.535. The summed E-state index contributed by atoms with van der Waals surface area (Å²) in [4.78, 5) is 24.2. The summed E-state index contributed by atoms with van der Waals surface area (Å²) < 4.78 is 26.9. The van der Waals surface area contributed by atoms with E-state index < -0.39 is 15.4 Å². The van der Waals surface area contributed by atoms with Crippen LogP contribution in [-0.2, 0) is 14.8 Å². The van der Waals surface area contributed by atoms with Gasteiger partial charge in [0.15, 0.2) is 0 Å². The van der Waals surface area contributed by atoms with Crippen molar-refractivity contribution in [3.8, 4) is 0 Å². The number of sulfonamides is 1. The van der Waals surface area contributed by atoms with Crippen molar-refractivity contribution < 1.29 is 18.0 Å². The average molecular weight is 472 g/mol. The summed E-state index contributed by atoms with van der Waals surface area (Å²) in [6, 6.07) is 10.4. The highest BCUT2D eigenvalue weighted by Gasteiger charge is 2.21. The lowest BCUT2D eigenvalue weighted by Gasteiger charge is -2.17. The van der Waals surface area contributed by atoms with Gasteiger partial charge in [-0.25, -0.2) is 13.1 Å². The molecule has 0 aliphatic carbocycles. The second kappa shape index (κ2) is 9.78. The lowest BCUT2D eigenvalue weighted by atomic mass is 9.95. The Labute approximate surface area is 186 Å². The Kier molecular flexibility index (Phi) is 7.87. The fourth-order valence-electron chi connectivity index (χ4n) is 2.21. The molecule has 10 heteroatoms. The summed E-state index contributed by atoms with van der Waals surface area (Å²) in [5.41, 5.74) is 0.442. The Bertz CT molecular complexity index is 1030. The summed E-state index contributed by atoms with van der Waals surface area (Å²) in [5, 5.41) is 5.79. The van der Waals surface area contributed by atoms with Gasteiger partial charge in [-0.2, -0.15) is 0 Å². The normalized spacial score (nSPS) is 11.8. The number of nitrogens with one attached hydrogen (secondary N) is 3. The maximum Gasteiger partial charge on any atom is 0.251 e. The minimum absolute atomic E-state index is 0.00591. The third-order valence-electron chi connectivity index (χ3n) is 3.99. The number of carbonyl (C=O) groups is 2. The van der Waals surface area contributed by atoms with Gasteiger partial charge in [0.05, 0.1) is 14.9 Å². The van der Waals surface area contributed by atoms with E-state index in [-0.39, 0.29) is 39.8 Å². The fraction of sp³-hybridized carbons (Fsp3) is 0.300.